The van der Waals surface area contributed by atoms with Crippen LogP contribution in [0, 0.1) is 18.3 Å². The first-order chi connectivity index (χ1) is 14.5. The van der Waals surface area contributed by atoms with Crippen LogP contribution in [0.25, 0.3) is 6.08 Å². The number of benzene rings is 3. The number of hydrogen-bond donors (Lipinski definition) is 1. The summed E-state index contributed by atoms with van der Waals surface area (Å²) < 4.78 is 5.79. The maximum absolute atomic E-state index is 12.4. The van der Waals surface area contributed by atoms with E-state index in [0.29, 0.717) is 33.7 Å². The number of amides is 1. The molecule has 3 rings (SSSR count). The lowest BCUT2D eigenvalue weighted by atomic mass is 10.1. The number of para-hydroxylation sites is 1. The molecule has 1 amide bonds. The van der Waals surface area contributed by atoms with Gasteiger partial charge in [0, 0.05) is 0 Å². The van der Waals surface area contributed by atoms with E-state index in [4.69, 9.17) is 27.9 Å². The number of rotatable bonds is 6. The van der Waals surface area contributed by atoms with Gasteiger partial charge in [0.15, 0.2) is 0 Å². The smallest absolute Gasteiger partial charge is 0.266 e. The highest BCUT2D eigenvalue weighted by molar-refractivity contribution is 6.34. The van der Waals surface area contributed by atoms with Crippen LogP contribution in [0.4, 0.5) is 5.69 Å². The van der Waals surface area contributed by atoms with Crippen molar-refractivity contribution >= 4 is 40.9 Å². The number of ether oxygens (including phenoxy) is 1. The summed E-state index contributed by atoms with van der Waals surface area (Å²) >= 11 is 12.4. The van der Waals surface area contributed by atoms with Crippen molar-refractivity contribution in [2.75, 3.05) is 5.32 Å². The zero-order chi connectivity index (χ0) is 21.5. The molecule has 0 aliphatic carbocycles. The highest BCUT2D eigenvalue weighted by Gasteiger charge is 2.12. The second-order valence-electron chi connectivity index (χ2n) is 6.57. The highest BCUT2D eigenvalue weighted by atomic mass is 35.5. The molecule has 0 unspecified atom stereocenters. The number of nitriles is 1. The summed E-state index contributed by atoms with van der Waals surface area (Å²) in [5, 5.41) is 12.8. The fourth-order valence-corrected chi connectivity index (χ4v) is 3.18. The molecule has 0 aliphatic heterocycles. The van der Waals surface area contributed by atoms with Crippen molar-refractivity contribution in [3.63, 3.8) is 0 Å². The SMILES string of the molecule is Cc1cccc(COc2ccc(/C=C(\C#N)C(=O)Nc3ccccc3Cl)cc2Cl)c1. The van der Waals surface area contributed by atoms with Gasteiger partial charge in [0.2, 0.25) is 0 Å². The van der Waals surface area contributed by atoms with Crippen LogP contribution >= 0.6 is 23.2 Å². The van der Waals surface area contributed by atoms with Gasteiger partial charge in [-0.2, -0.15) is 5.26 Å². The quantitative estimate of drug-likeness (QED) is 0.357. The first-order valence-electron chi connectivity index (χ1n) is 9.12. The van der Waals surface area contributed by atoms with Crippen molar-refractivity contribution in [3.05, 3.63) is 99.0 Å². The van der Waals surface area contributed by atoms with Gasteiger partial charge in [-0.05, 0) is 48.4 Å². The van der Waals surface area contributed by atoms with Gasteiger partial charge in [0.1, 0.15) is 24.0 Å². The fourth-order valence-electron chi connectivity index (χ4n) is 2.75. The van der Waals surface area contributed by atoms with E-state index in [1.165, 1.54) is 6.08 Å². The van der Waals surface area contributed by atoms with Gasteiger partial charge in [0.25, 0.3) is 5.91 Å². The molecule has 4 nitrogen and oxygen atoms in total. The second kappa shape index (κ2) is 9.98. The average Bonchev–Trinajstić information content (AvgIpc) is 2.73. The summed E-state index contributed by atoms with van der Waals surface area (Å²) in [6.07, 6.45) is 1.46. The van der Waals surface area contributed by atoms with Gasteiger partial charge in [-0.25, -0.2) is 0 Å². The zero-order valence-corrected chi connectivity index (χ0v) is 17.7. The Kier molecular flexibility index (Phi) is 7.13. The van der Waals surface area contributed by atoms with Crippen LogP contribution in [0.1, 0.15) is 16.7 Å². The molecule has 0 saturated carbocycles. The standard InChI is InChI=1S/C24H18Cl2N2O2/c1-16-5-4-6-18(11-16)15-30-23-10-9-17(13-21(23)26)12-19(14-27)24(29)28-22-8-3-2-7-20(22)25/h2-13H,15H2,1H3,(H,28,29)/b19-12+. The van der Waals surface area contributed by atoms with Crippen LogP contribution in [0.5, 0.6) is 5.75 Å². The van der Waals surface area contributed by atoms with Crippen molar-refractivity contribution < 1.29 is 9.53 Å². The topological polar surface area (TPSA) is 62.1 Å². The van der Waals surface area contributed by atoms with E-state index in [1.54, 1.807) is 42.5 Å². The average molecular weight is 437 g/mol. The van der Waals surface area contributed by atoms with E-state index in [9.17, 15) is 10.1 Å². The molecule has 3 aromatic carbocycles. The van der Waals surface area contributed by atoms with Crippen LogP contribution in [0.2, 0.25) is 10.0 Å². The summed E-state index contributed by atoms with van der Waals surface area (Å²) in [5.41, 5.74) is 3.16. The first kappa shape index (κ1) is 21.4. The molecule has 0 radical (unpaired) electrons. The molecule has 0 heterocycles. The van der Waals surface area contributed by atoms with Crippen molar-refractivity contribution in [2.45, 2.75) is 13.5 Å². The number of carbonyl (C=O) groups excluding carboxylic acids is 1. The van der Waals surface area contributed by atoms with Crippen LogP contribution in [0.3, 0.4) is 0 Å². The van der Waals surface area contributed by atoms with E-state index < -0.39 is 5.91 Å². The third-order valence-electron chi connectivity index (χ3n) is 4.23. The van der Waals surface area contributed by atoms with E-state index >= 15 is 0 Å². The Balaban J connectivity index is 1.72. The zero-order valence-electron chi connectivity index (χ0n) is 16.2. The normalized spacial score (nSPS) is 10.9. The molecule has 0 aromatic heterocycles. The van der Waals surface area contributed by atoms with Crippen molar-refractivity contribution in [1.82, 2.24) is 0 Å². The van der Waals surface area contributed by atoms with E-state index in [1.807, 2.05) is 37.3 Å². The molecule has 0 bridgehead atoms. The van der Waals surface area contributed by atoms with Crippen molar-refractivity contribution in [2.24, 2.45) is 0 Å². The maximum atomic E-state index is 12.4. The number of hydrogen-bond acceptors (Lipinski definition) is 3. The molecule has 0 atom stereocenters. The molecule has 3 aromatic rings. The van der Waals surface area contributed by atoms with Gasteiger partial charge < -0.3 is 10.1 Å². The number of halogens is 2. The minimum absolute atomic E-state index is 0.0700. The lowest BCUT2D eigenvalue weighted by Gasteiger charge is -2.10. The fraction of sp³-hybridized carbons (Fsp3) is 0.0833. The summed E-state index contributed by atoms with van der Waals surface area (Å²) in [6.45, 7) is 2.41. The van der Waals surface area contributed by atoms with Crippen LogP contribution in [-0.2, 0) is 11.4 Å². The Morgan fingerprint density at radius 2 is 1.87 bits per heavy atom. The van der Waals surface area contributed by atoms with Crippen molar-refractivity contribution in [3.8, 4) is 11.8 Å². The Labute approximate surface area is 185 Å². The summed E-state index contributed by atoms with van der Waals surface area (Å²) in [7, 11) is 0. The number of nitrogens with one attached hydrogen (secondary N) is 1. The molecule has 30 heavy (non-hydrogen) atoms. The van der Waals surface area contributed by atoms with E-state index in [2.05, 4.69) is 5.32 Å². The molecule has 0 saturated heterocycles. The maximum Gasteiger partial charge on any atom is 0.266 e. The van der Waals surface area contributed by atoms with Gasteiger partial charge >= 0.3 is 0 Å². The number of carbonyl (C=O) groups is 1. The molecule has 0 aliphatic rings. The molecule has 1 N–H and O–H groups in total. The highest BCUT2D eigenvalue weighted by Crippen LogP contribution is 2.28. The van der Waals surface area contributed by atoms with Gasteiger partial charge in [-0.15, -0.1) is 0 Å². The van der Waals surface area contributed by atoms with Gasteiger partial charge in [-0.1, -0.05) is 71.2 Å². The number of anilines is 1. The number of nitrogens with zero attached hydrogens (tertiary/aromatic N) is 1. The van der Waals surface area contributed by atoms with Crippen LogP contribution < -0.4 is 10.1 Å². The Hall–Kier alpha value is -3.26. The van der Waals surface area contributed by atoms with Gasteiger partial charge in [0.05, 0.1) is 15.7 Å². The summed E-state index contributed by atoms with van der Waals surface area (Å²) in [6, 6.07) is 21.8. The predicted molar refractivity (Wildman–Crippen MR) is 121 cm³/mol. The molecule has 0 spiro atoms. The van der Waals surface area contributed by atoms with Crippen LogP contribution in [-0.4, -0.2) is 5.91 Å². The molecular weight excluding hydrogens is 419 g/mol. The molecule has 150 valence electrons. The summed E-state index contributed by atoms with van der Waals surface area (Å²) in [5.74, 6) is -0.0316. The lowest BCUT2D eigenvalue weighted by Crippen LogP contribution is -2.13. The minimum atomic E-state index is -0.554. The Bertz CT molecular complexity index is 1150. The third kappa shape index (κ3) is 5.64. The Morgan fingerprint density at radius 3 is 2.57 bits per heavy atom. The largest absolute Gasteiger partial charge is 0.487 e. The summed E-state index contributed by atoms with van der Waals surface area (Å²) in [4.78, 5) is 12.4. The Morgan fingerprint density at radius 1 is 1.07 bits per heavy atom. The lowest BCUT2D eigenvalue weighted by molar-refractivity contribution is -0.112. The minimum Gasteiger partial charge on any atom is -0.487 e. The van der Waals surface area contributed by atoms with Gasteiger partial charge in [-0.3, -0.25) is 4.79 Å². The monoisotopic (exact) mass is 436 g/mol. The van der Waals surface area contributed by atoms with Crippen LogP contribution in [0.15, 0.2) is 72.3 Å². The predicted octanol–water partition coefficient (Wildman–Crippen LogP) is 6.43. The number of aryl methyl sites for hydroxylation is 1. The molecular formula is C24H18Cl2N2O2. The van der Waals surface area contributed by atoms with E-state index in [-0.39, 0.29) is 5.57 Å². The molecule has 6 heteroatoms. The van der Waals surface area contributed by atoms with E-state index in [0.717, 1.165) is 11.1 Å². The third-order valence-corrected chi connectivity index (χ3v) is 4.86. The molecule has 0 fully saturated rings. The second-order valence-corrected chi connectivity index (χ2v) is 7.39. The first-order valence-corrected chi connectivity index (χ1v) is 9.87. The van der Waals surface area contributed by atoms with Crippen molar-refractivity contribution in [1.29, 1.82) is 5.26 Å².